The molecule has 0 saturated heterocycles. The molecule has 1 aliphatic heterocycles. The lowest BCUT2D eigenvalue weighted by Crippen LogP contribution is -2.20. The van der Waals surface area contributed by atoms with Gasteiger partial charge in [-0.25, -0.2) is 0 Å². The molecule has 3 rings (SSSR count). The lowest BCUT2D eigenvalue weighted by Gasteiger charge is -2.08. The average molecular weight is 321 g/mol. The summed E-state index contributed by atoms with van der Waals surface area (Å²) in [7, 11) is 1.81. The molecule has 0 spiro atoms. The first-order chi connectivity index (χ1) is 11.6. The second kappa shape index (κ2) is 6.91. The first kappa shape index (κ1) is 16.3. The van der Waals surface area contributed by atoms with Gasteiger partial charge in [0.1, 0.15) is 5.75 Å². The van der Waals surface area contributed by atoms with E-state index in [0.29, 0.717) is 5.92 Å². The lowest BCUT2D eigenvalue weighted by atomic mass is 10.0. The number of likely N-dealkylation sites (N-methyl/N-ethyl adjacent to an activating group) is 1. The van der Waals surface area contributed by atoms with E-state index in [2.05, 4.69) is 13.8 Å². The zero-order chi connectivity index (χ0) is 17.1. The number of ether oxygens (including phenoxy) is 1. The number of carbonyl (C=O) groups excluding carboxylic acids is 1. The average Bonchev–Trinajstić information content (AvgIpc) is 2.81. The van der Waals surface area contributed by atoms with E-state index in [0.717, 1.165) is 41.2 Å². The number of carbonyl (C=O) groups is 1. The van der Waals surface area contributed by atoms with Gasteiger partial charge in [-0.1, -0.05) is 44.2 Å². The van der Waals surface area contributed by atoms with Crippen LogP contribution in [0, 0.1) is 5.92 Å². The van der Waals surface area contributed by atoms with Crippen LogP contribution in [0.1, 0.15) is 31.4 Å². The van der Waals surface area contributed by atoms with Crippen molar-refractivity contribution < 1.29 is 9.53 Å². The van der Waals surface area contributed by atoms with Gasteiger partial charge in [0.25, 0.3) is 5.91 Å². The Bertz CT molecular complexity index is 760. The molecular weight excluding hydrogens is 298 g/mol. The van der Waals surface area contributed by atoms with Crippen LogP contribution in [0.4, 0.5) is 5.69 Å². The summed E-state index contributed by atoms with van der Waals surface area (Å²) in [4.78, 5) is 14.2. The van der Waals surface area contributed by atoms with Crippen LogP contribution in [0.2, 0.25) is 0 Å². The predicted molar refractivity (Wildman–Crippen MR) is 99.1 cm³/mol. The van der Waals surface area contributed by atoms with Gasteiger partial charge < -0.3 is 9.64 Å². The van der Waals surface area contributed by atoms with Crippen molar-refractivity contribution in [2.24, 2.45) is 5.92 Å². The van der Waals surface area contributed by atoms with E-state index in [1.165, 1.54) is 0 Å². The van der Waals surface area contributed by atoms with E-state index in [9.17, 15) is 4.79 Å². The third kappa shape index (κ3) is 3.35. The van der Waals surface area contributed by atoms with Gasteiger partial charge in [0.2, 0.25) is 0 Å². The number of amides is 1. The molecule has 1 amide bonds. The standard InChI is InChI=1S/C21H23NO2/c1-15(2)12-13-24-17-10-8-16(9-11-17)14-19-18-6-4-5-7-20(18)22(3)21(19)23/h4-11,14-15H,12-13H2,1-3H3. The van der Waals surface area contributed by atoms with Crippen molar-refractivity contribution in [3.63, 3.8) is 0 Å². The maximum atomic E-state index is 12.5. The van der Waals surface area contributed by atoms with Crippen LogP contribution in [-0.4, -0.2) is 19.6 Å². The van der Waals surface area contributed by atoms with Gasteiger partial charge in [0.15, 0.2) is 0 Å². The SMILES string of the molecule is CC(C)CCOc1ccc(C=C2C(=O)N(C)c3ccccc32)cc1. The first-order valence-electron chi connectivity index (χ1n) is 8.38. The Morgan fingerprint density at radius 3 is 2.50 bits per heavy atom. The Morgan fingerprint density at radius 1 is 1.08 bits per heavy atom. The number of hydrogen-bond donors (Lipinski definition) is 0. The van der Waals surface area contributed by atoms with Gasteiger partial charge in [-0.2, -0.15) is 0 Å². The van der Waals surface area contributed by atoms with Crippen molar-refractivity contribution in [1.29, 1.82) is 0 Å². The number of anilines is 1. The zero-order valence-electron chi connectivity index (χ0n) is 14.5. The Morgan fingerprint density at radius 2 is 1.79 bits per heavy atom. The molecule has 0 unspecified atom stereocenters. The molecule has 1 aliphatic rings. The van der Waals surface area contributed by atoms with E-state index in [1.807, 2.05) is 61.7 Å². The first-order valence-corrected chi connectivity index (χ1v) is 8.38. The van der Waals surface area contributed by atoms with Crippen LogP contribution in [0.25, 0.3) is 11.6 Å². The number of benzene rings is 2. The molecule has 24 heavy (non-hydrogen) atoms. The molecule has 2 aromatic carbocycles. The molecule has 0 N–H and O–H groups in total. The summed E-state index contributed by atoms with van der Waals surface area (Å²) < 4.78 is 5.74. The highest BCUT2D eigenvalue weighted by Gasteiger charge is 2.28. The van der Waals surface area contributed by atoms with E-state index in [1.54, 1.807) is 4.90 Å². The van der Waals surface area contributed by atoms with Crippen LogP contribution in [0.3, 0.4) is 0 Å². The van der Waals surface area contributed by atoms with Gasteiger partial charge >= 0.3 is 0 Å². The molecule has 124 valence electrons. The topological polar surface area (TPSA) is 29.5 Å². The van der Waals surface area contributed by atoms with Crippen molar-refractivity contribution in [3.8, 4) is 5.75 Å². The predicted octanol–water partition coefficient (Wildman–Crippen LogP) is 4.63. The smallest absolute Gasteiger partial charge is 0.258 e. The molecule has 0 atom stereocenters. The van der Waals surface area contributed by atoms with Crippen LogP contribution < -0.4 is 9.64 Å². The summed E-state index contributed by atoms with van der Waals surface area (Å²) in [5, 5.41) is 0. The highest BCUT2D eigenvalue weighted by molar-refractivity contribution is 6.35. The second-order valence-corrected chi connectivity index (χ2v) is 6.54. The number of rotatable bonds is 5. The lowest BCUT2D eigenvalue weighted by molar-refractivity contribution is -0.112. The van der Waals surface area contributed by atoms with Gasteiger partial charge in [0, 0.05) is 18.2 Å². The number of para-hydroxylation sites is 1. The van der Waals surface area contributed by atoms with Crippen molar-refractivity contribution in [3.05, 3.63) is 59.7 Å². The monoisotopic (exact) mass is 321 g/mol. The van der Waals surface area contributed by atoms with Gasteiger partial charge in [0.05, 0.1) is 12.3 Å². The summed E-state index contributed by atoms with van der Waals surface area (Å²) in [6.45, 7) is 5.10. The van der Waals surface area contributed by atoms with E-state index >= 15 is 0 Å². The van der Waals surface area contributed by atoms with Crippen LogP contribution in [0.5, 0.6) is 5.75 Å². The van der Waals surface area contributed by atoms with Gasteiger partial charge in [-0.3, -0.25) is 4.79 Å². The minimum absolute atomic E-state index is 0.0356. The van der Waals surface area contributed by atoms with E-state index in [4.69, 9.17) is 4.74 Å². The minimum atomic E-state index is 0.0356. The summed E-state index contributed by atoms with van der Waals surface area (Å²) in [6, 6.07) is 15.8. The minimum Gasteiger partial charge on any atom is -0.494 e. The summed E-state index contributed by atoms with van der Waals surface area (Å²) in [5.41, 5.74) is 3.69. The van der Waals surface area contributed by atoms with Gasteiger partial charge in [-0.05, 0) is 42.2 Å². The Balaban J connectivity index is 1.78. The second-order valence-electron chi connectivity index (χ2n) is 6.54. The molecule has 0 saturated carbocycles. The third-order valence-corrected chi connectivity index (χ3v) is 4.25. The highest BCUT2D eigenvalue weighted by atomic mass is 16.5. The van der Waals surface area contributed by atoms with Crippen molar-refractivity contribution in [2.45, 2.75) is 20.3 Å². The molecule has 1 heterocycles. The normalized spacial score (nSPS) is 15.2. The van der Waals surface area contributed by atoms with E-state index in [-0.39, 0.29) is 5.91 Å². The molecule has 0 aromatic heterocycles. The van der Waals surface area contributed by atoms with Crippen LogP contribution in [-0.2, 0) is 4.79 Å². The number of hydrogen-bond acceptors (Lipinski definition) is 2. The fraction of sp³-hybridized carbons (Fsp3) is 0.286. The Kier molecular flexibility index (Phi) is 4.70. The quantitative estimate of drug-likeness (QED) is 0.752. The molecule has 3 nitrogen and oxygen atoms in total. The molecule has 3 heteroatoms. The van der Waals surface area contributed by atoms with E-state index < -0.39 is 0 Å². The number of nitrogens with zero attached hydrogens (tertiary/aromatic N) is 1. The Labute approximate surface area is 143 Å². The molecule has 0 radical (unpaired) electrons. The summed E-state index contributed by atoms with van der Waals surface area (Å²) in [6.07, 6.45) is 2.99. The maximum Gasteiger partial charge on any atom is 0.258 e. The zero-order valence-corrected chi connectivity index (χ0v) is 14.5. The largest absolute Gasteiger partial charge is 0.494 e. The van der Waals surface area contributed by atoms with Crippen LogP contribution >= 0.6 is 0 Å². The fourth-order valence-electron chi connectivity index (χ4n) is 2.78. The Hall–Kier alpha value is -2.55. The van der Waals surface area contributed by atoms with Crippen molar-refractivity contribution in [2.75, 3.05) is 18.6 Å². The maximum absolute atomic E-state index is 12.5. The van der Waals surface area contributed by atoms with Gasteiger partial charge in [-0.15, -0.1) is 0 Å². The number of fused-ring (bicyclic) bond motifs is 1. The molecule has 0 aliphatic carbocycles. The van der Waals surface area contributed by atoms with Crippen molar-refractivity contribution in [1.82, 2.24) is 0 Å². The summed E-state index contributed by atoms with van der Waals surface area (Å²) >= 11 is 0. The molecule has 0 fully saturated rings. The van der Waals surface area contributed by atoms with Crippen molar-refractivity contribution >= 4 is 23.2 Å². The molecule has 2 aromatic rings. The fourth-order valence-corrected chi connectivity index (χ4v) is 2.78. The third-order valence-electron chi connectivity index (χ3n) is 4.25. The summed E-state index contributed by atoms with van der Waals surface area (Å²) in [5.74, 6) is 1.54. The molecular formula is C21H23NO2. The van der Waals surface area contributed by atoms with Crippen LogP contribution in [0.15, 0.2) is 48.5 Å². The highest BCUT2D eigenvalue weighted by Crippen LogP contribution is 2.36. The molecule has 0 bridgehead atoms.